The van der Waals surface area contributed by atoms with Crippen LogP contribution in [0.4, 0.5) is 0 Å². The highest BCUT2D eigenvalue weighted by Gasteiger charge is 2.36. The Morgan fingerprint density at radius 2 is 1.93 bits per heavy atom. The maximum atomic E-state index is 6.05. The van der Waals surface area contributed by atoms with Gasteiger partial charge in [-0.3, -0.25) is 0 Å². The summed E-state index contributed by atoms with van der Waals surface area (Å²) in [5, 5.41) is 0. The quantitative estimate of drug-likeness (QED) is 0.648. The third-order valence-corrected chi connectivity index (χ3v) is 2.78. The first-order valence-corrected chi connectivity index (χ1v) is 5.65. The van der Waals surface area contributed by atoms with E-state index in [1.54, 1.807) is 0 Å². The molecule has 0 spiro atoms. The molecule has 1 atom stereocenters. The van der Waals surface area contributed by atoms with Crippen LogP contribution in [0.5, 0.6) is 0 Å². The minimum atomic E-state index is -0.128. The largest absolute Gasteiger partial charge is 0.352 e. The van der Waals surface area contributed by atoms with Crippen molar-refractivity contribution < 1.29 is 9.47 Å². The summed E-state index contributed by atoms with van der Waals surface area (Å²) in [6.07, 6.45) is 6.42. The van der Waals surface area contributed by atoms with Crippen LogP contribution in [-0.2, 0) is 9.47 Å². The summed E-state index contributed by atoms with van der Waals surface area (Å²) in [7, 11) is 0. The Balaban J connectivity index is 2.69. The van der Waals surface area contributed by atoms with E-state index < -0.39 is 0 Å². The Kier molecular flexibility index (Phi) is 4.55. The Labute approximate surface area is 93.0 Å². The van der Waals surface area contributed by atoms with Gasteiger partial charge in [0.05, 0.1) is 12.2 Å². The van der Waals surface area contributed by atoms with Gasteiger partial charge in [0.15, 0.2) is 6.29 Å². The third kappa shape index (κ3) is 3.18. The molecule has 1 rings (SSSR count). The molecule has 1 aliphatic heterocycles. The van der Waals surface area contributed by atoms with Crippen molar-refractivity contribution in [2.24, 2.45) is 5.92 Å². The second kappa shape index (κ2) is 5.47. The van der Waals surface area contributed by atoms with Gasteiger partial charge in [0.2, 0.25) is 0 Å². The predicted molar refractivity (Wildman–Crippen MR) is 62.6 cm³/mol. The molecular formula is C13H22O2. The Morgan fingerprint density at radius 3 is 2.40 bits per heavy atom. The summed E-state index contributed by atoms with van der Waals surface area (Å²) in [4.78, 5) is 0. The SMILES string of the molecule is C=CCC1(CC=C)CCOC(C(C)C)O1. The van der Waals surface area contributed by atoms with Gasteiger partial charge >= 0.3 is 0 Å². The fourth-order valence-electron chi connectivity index (χ4n) is 1.94. The fourth-order valence-corrected chi connectivity index (χ4v) is 1.94. The molecule has 0 aromatic rings. The van der Waals surface area contributed by atoms with Gasteiger partial charge in [0.1, 0.15) is 0 Å². The van der Waals surface area contributed by atoms with E-state index in [1.807, 2.05) is 12.2 Å². The van der Waals surface area contributed by atoms with Crippen LogP contribution in [0.15, 0.2) is 25.3 Å². The maximum Gasteiger partial charge on any atom is 0.160 e. The van der Waals surface area contributed by atoms with Gasteiger partial charge in [0.25, 0.3) is 0 Å². The second-order valence-electron chi connectivity index (χ2n) is 4.52. The van der Waals surface area contributed by atoms with Crippen molar-refractivity contribution in [1.29, 1.82) is 0 Å². The average Bonchev–Trinajstić information content (AvgIpc) is 2.18. The summed E-state index contributed by atoms with van der Waals surface area (Å²) in [6, 6.07) is 0. The van der Waals surface area contributed by atoms with Gasteiger partial charge < -0.3 is 9.47 Å². The summed E-state index contributed by atoms with van der Waals surface area (Å²) in [5.74, 6) is 0.388. The molecule has 2 nitrogen and oxygen atoms in total. The monoisotopic (exact) mass is 210 g/mol. The molecule has 0 amide bonds. The molecule has 15 heavy (non-hydrogen) atoms. The number of rotatable bonds is 5. The molecule has 0 radical (unpaired) electrons. The van der Waals surface area contributed by atoms with Crippen molar-refractivity contribution in [3.05, 3.63) is 25.3 Å². The molecule has 0 N–H and O–H groups in total. The summed E-state index contributed by atoms with van der Waals surface area (Å²) in [6.45, 7) is 12.6. The van der Waals surface area contributed by atoms with Crippen LogP contribution >= 0.6 is 0 Å². The van der Waals surface area contributed by atoms with Gasteiger partial charge in [-0.05, 0) is 12.8 Å². The Morgan fingerprint density at radius 1 is 1.33 bits per heavy atom. The molecule has 1 fully saturated rings. The molecule has 1 heterocycles. The zero-order valence-corrected chi connectivity index (χ0v) is 9.87. The predicted octanol–water partition coefficient (Wildman–Crippen LogP) is 3.30. The maximum absolute atomic E-state index is 6.05. The first kappa shape index (κ1) is 12.5. The van der Waals surface area contributed by atoms with Crippen molar-refractivity contribution >= 4 is 0 Å². The molecule has 0 saturated carbocycles. The lowest BCUT2D eigenvalue weighted by Crippen LogP contribution is -2.45. The minimum absolute atomic E-state index is 0.0846. The minimum Gasteiger partial charge on any atom is -0.352 e. The summed E-state index contributed by atoms with van der Waals surface area (Å²) < 4.78 is 11.6. The van der Waals surface area contributed by atoms with Gasteiger partial charge in [0, 0.05) is 12.3 Å². The molecule has 86 valence electrons. The Hall–Kier alpha value is -0.600. The lowest BCUT2D eigenvalue weighted by Gasteiger charge is -2.41. The van der Waals surface area contributed by atoms with E-state index >= 15 is 0 Å². The van der Waals surface area contributed by atoms with Crippen molar-refractivity contribution in [3.63, 3.8) is 0 Å². The van der Waals surface area contributed by atoms with Gasteiger partial charge in [-0.2, -0.15) is 0 Å². The van der Waals surface area contributed by atoms with Crippen molar-refractivity contribution in [2.75, 3.05) is 6.61 Å². The molecule has 0 aliphatic carbocycles. The van der Waals surface area contributed by atoms with Gasteiger partial charge in [-0.1, -0.05) is 26.0 Å². The van der Waals surface area contributed by atoms with E-state index in [9.17, 15) is 0 Å². The van der Waals surface area contributed by atoms with Crippen molar-refractivity contribution in [1.82, 2.24) is 0 Å². The number of ether oxygens (including phenoxy) is 2. The number of hydrogen-bond donors (Lipinski definition) is 0. The molecule has 0 bridgehead atoms. The van der Waals surface area contributed by atoms with E-state index in [4.69, 9.17) is 9.47 Å². The lowest BCUT2D eigenvalue weighted by molar-refractivity contribution is -0.269. The van der Waals surface area contributed by atoms with Crippen LogP contribution in [0, 0.1) is 5.92 Å². The topological polar surface area (TPSA) is 18.5 Å². The van der Waals surface area contributed by atoms with Crippen molar-refractivity contribution in [3.8, 4) is 0 Å². The zero-order chi connectivity index (χ0) is 11.3. The van der Waals surface area contributed by atoms with Crippen LogP contribution < -0.4 is 0 Å². The Bertz CT molecular complexity index is 211. The van der Waals surface area contributed by atoms with Crippen LogP contribution in [0.2, 0.25) is 0 Å². The van der Waals surface area contributed by atoms with E-state index in [-0.39, 0.29) is 11.9 Å². The lowest BCUT2D eigenvalue weighted by atomic mass is 9.90. The molecule has 1 aliphatic rings. The molecular weight excluding hydrogens is 188 g/mol. The van der Waals surface area contributed by atoms with Crippen LogP contribution in [0.3, 0.4) is 0 Å². The average molecular weight is 210 g/mol. The molecule has 2 heteroatoms. The van der Waals surface area contributed by atoms with Gasteiger partial charge in [-0.15, -0.1) is 13.2 Å². The molecule has 1 unspecified atom stereocenters. The summed E-state index contributed by atoms with van der Waals surface area (Å²) >= 11 is 0. The van der Waals surface area contributed by atoms with E-state index in [1.165, 1.54) is 0 Å². The summed E-state index contributed by atoms with van der Waals surface area (Å²) in [5.41, 5.74) is -0.128. The number of hydrogen-bond acceptors (Lipinski definition) is 2. The highest BCUT2D eigenvalue weighted by Crippen LogP contribution is 2.33. The molecule has 1 saturated heterocycles. The smallest absolute Gasteiger partial charge is 0.160 e. The van der Waals surface area contributed by atoms with Gasteiger partial charge in [-0.25, -0.2) is 0 Å². The first-order valence-electron chi connectivity index (χ1n) is 5.65. The van der Waals surface area contributed by atoms with E-state index in [0.717, 1.165) is 25.9 Å². The first-order chi connectivity index (χ1) is 7.13. The highest BCUT2D eigenvalue weighted by atomic mass is 16.7. The fraction of sp³-hybridized carbons (Fsp3) is 0.692. The normalized spacial score (nSPS) is 25.1. The van der Waals surface area contributed by atoms with Crippen LogP contribution in [0.25, 0.3) is 0 Å². The standard InChI is InChI=1S/C13H22O2/c1-5-7-13(8-6-2)9-10-14-12(15-13)11(3)4/h5-6,11-12H,1-2,7-10H2,3-4H3. The second-order valence-corrected chi connectivity index (χ2v) is 4.52. The van der Waals surface area contributed by atoms with Crippen LogP contribution in [-0.4, -0.2) is 18.5 Å². The van der Waals surface area contributed by atoms with Crippen LogP contribution in [0.1, 0.15) is 33.1 Å². The molecule has 0 aromatic carbocycles. The zero-order valence-electron chi connectivity index (χ0n) is 9.87. The highest BCUT2D eigenvalue weighted by molar-refractivity contribution is 4.95. The van der Waals surface area contributed by atoms with E-state index in [0.29, 0.717) is 5.92 Å². The third-order valence-electron chi connectivity index (χ3n) is 2.78. The molecule has 0 aromatic heterocycles. The van der Waals surface area contributed by atoms with E-state index in [2.05, 4.69) is 27.0 Å². The van der Waals surface area contributed by atoms with Crippen molar-refractivity contribution in [2.45, 2.75) is 45.0 Å².